The van der Waals surface area contributed by atoms with Gasteiger partial charge in [0.15, 0.2) is 0 Å². The van der Waals surface area contributed by atoms with Crippen molar-refractivity contribution in [2.24, 2.45) is 0 Å². The highest BCUT2D eigenvalue weighted by molar-refractivity contribution is 5.90. The van der Waals surface area contributed by atoms with Gasteiger partial charge in [-0.05, 0) is 36.1 Å². The molecule has 0 heterocycles. The summed E-state index contributed by atoms with van der Waals surface area (Å²) in [5, 5.41) is 11.8. The molecule has 0 unspecified atom stereocenters. The number of ether oxygens (including phenoxy) is 1. The van der Waals surface area contributed by atoms with E-state index in [2.05, 4.69) is 5.32 Å². The number of benzene rings is 2. The van der Waals surface area contributed by atoms with Crippen molar-refractivity contribution in [1.82, 2.24) is 5.32 Å². The second-order valence-corrected chi connectivity index (χ2v) is 5.56. The van der Waals surface area contributed by atoms with E-state index in [0.29, 0.717) is 18.5 Å². The van der Waals surface area contributed by atoms with E-state index in [1.807, 2.05) is 48.6 Å². The van der Waals surface area contributed by atoms with Crippen molar-refractivity contribution in [3.8, 4) is 0 Å². The van der Waals surface area contributed by atoms with Crippen LogP contribution in [0.4, 0.5) is 4.79 Å². The van der Waals surface area contributed by atoms with E-state index < -0.39 is 12.1 Å². The first kappa shape index (κ1) is 18.3. The molecule has 0 saturated heterocycles. The Morgan fingerprint density at radius 1 is 1.16 bits per heavy atom. The standard InChI is InChI=1S/C20H21NO4/c1-15-10-11-16(13-18(15)19(22)23)7-5-6-12-21-20(24)25-14-17-8-3-2-4-9-17/h2-5,7-11,13H,6,12,14H2,1H3,(H,21,24)(H,22,23). The minimum absolute atomic E-state index is 0.240. The molecule has 0 aliphatic rings. The lowest BCUT2D eigenvalue weighted by atomic mass is 10.0. The van der Waals surface area contributed by atoms with E-state index in [1.165, 1.54) is 0 Å². The van der Waals surface area contributed by atoms with Crippen LogP contribution in [0.2, 0.25) is 0 Å². The molecule has 5 heteroatoms. The van der Waals surface area contributed by atoms with Crippen LogP contribution in [0.15, 0.2) is 54.6 Å². The predicted octanol–water partition coefficient (Wildman–Crippen LogP) is 4.02. The molecule has 0 aromatic heterocycles. The lowest BCUT2D eigenvalue weighted by Gasteiger charge is -2.06. The molecule has 2 rings (SSSR count). The maximum Gasteiger partial charge on any atom is 0.407 e. The van der Waals surface area contributed by atoms with Gasteiger partial charge in [-0.1, -0.05) is 54.6 Å². The summed E-state index contributed by atoms with van der Waals surface area (Å²) in [5.41, 5.74) is 2.78. The first-order valence-electron chi connectivity index (χ1n) is 8.01. The van der Waals surface area contributed by atoms with E-state index in [-0.39, 0.29) is 6.61 Å². The number of rotatable bonds is 7. The summed E-state index contributed by atoms with van der Waals surface area (Å²) in [6.45, 7) is 2.45. The van der Waals surface area contributed by atoms with Crippen LogP contribution in [0.1, 0.15) is 33.5 Å². The van der Waals surface area contributed by atoms with Crippen molar-refractivity contribution in [3.63, 3.8) is 0 Å². The maximum atomic E-state index is 11.6. The highest BCUT2D eigenvalue weighted by atomic mass is 16.5. The molecule has 2 N–H and O–H groups in total. The van der Waals surface area contributed by atoms with Gasteiger partial charge in [0.2, 0.25) is 0 Å². The van der Waals surface area contributed by atoms with Gasteiger partial charge in [0.05, 0.1) is 5.56 Å². The quantitative estimate of drug-likeness (QED) is 0.747. The summed E-state index contributed by atoms with van der Waals surface area (Å²) in [6, 6.07) is 14.7. The zero-order valence-corrected chi connectivity index (χ0v) is 14.1. The van der Waals surface area contributed by atoms with E-state index in [0.717, 1.165) is 16.7 Å². The number of carboxylic acids is 1. The number of carbonyl (C=O) groups excluding carboxylic acids is 1. The number of alkyl carbamates (subject to hydrolysis) is 1. The van der Waals surface area contributed by atoms with Gasteiger partial charge in [0.1, 0.15) is 6.61 Å². The van der Waals surface area contributed by atoms with Gasteiger partial charge < -0.3 is 15.2 Å². The van der Waals surface area contributed by atoms with E-state index in [1.54, 1.807) is 19.1 Å². The molecular formula is C20H21NO4. The van der Waals surface area contributed by atoms with E-state index in [4.69, 9.17) is 9.84 Å². The maximum absolute atomic E-state index is 11.6. The lowest BCUT2D eigenvalue weighted by Crippen LogP contribution is -2.24. The van der Waals surface area contributed by atoms with Crippen LogP contribution in [0.3, 0.4) is 0 Å². The average Bonchev–Trinajstić information content (AvgIpc) is 2.61. The number of nitrogens with one attached hydrogen (secondary N) is 1. The molecule has 0 atom stereocenters. The molecule has 0 bridgehead atoms. The minimum atomic E-state index is -0.935. The van der Waals surface area contributed by atoms with Gasteiger partial charge in [-0.25, -0.2) is 9.59 Å². The largest absolute Gasteiger partial charge is 0.478 e. The Morgan fingerprint density at radius 3 is 2.64 bits per heavy atom. The topological polar surface area (TPSA) is 75.6 Å². The highest BCUT2D eigenvalue weighted by Gasteiger charge is 2.06. The Hall–Kier alpha value is -3.08. The van der Waals surface area contributed by atoms with Crippen LogP contribution in [0.5, 0.6) is 0 Å². The fraction of sp³-hybridized carbons (Fsp3) is 0.200. The van der Waals surface area contributed by atoms with Crippen LogP contribution < -0.4 is 5.32 Å². The zero-order chi connectivity index (χ0) is 18.1. The van der Waals surface area contributed by atoms with Crippen molar-refractivity contribution < 1.29 is 19.4 Å². The fourth-order valence-corrected chi connectivity index (χ4v) is 2.22. The molecule has 0 spiro atoms. The van der Waals surface area contributed by atoms with Crippen molar-refractivity contribution >= 4 is 18.1 Å². The molecule has 2 aromatic carbocycles. The van der Waals surface area contributed by atoms with Crippen LogP contribution in [0.25, 0.3) is 6.08 Å². The molecule has 0 aliphatic carbocycles. The summed E-state index contributed by atoms with van der Waals surface area (Å²) in [6.07, 6.45) is 3.88. The van der Waals surface area contributed by atoms with Crippen LogP contribution in [-0.4, -0.2) is 23.7 Å². The Balaban J connectivity index is 1.72. The average molecular weight is 339 g/mol. The van der Waals surface area contributed by atoms with E-state index >= 15 is 0 Å². The second-order valence-electron chi connectivity index (χ2n) is 5.56. The van der Waals surface area contributed by atoms with Crippen molar-refractivity contribution in [1.29, 1.82) is 0 Å². The molecule has 25 heavy (non-hydrogen) atoms. The molecule has 130 valence electrons. The molecule has 0 radical (unpaired) electrons. The SMILES string of the molecule is Cc1ccc(C=CCCNC(=O)OCc2ccccc2)cc1C(=O)O. The Morgan fingerprint density at radius 2 is 1.92 bits per heavy atom. The zero-order valence-electron chi connectivity index (χ0n) is 14.1. The lowest BCUT2D eigenvalue weighted by molar-refractivity contribution is 0.0696. The van der Waals surface area contributed by atoms with Gasteiger partial charge in [-0.2, -0.15) is 0 Å². The smallest absolute Gasteiger partial charge is 0.407 e. The predicted molar refractivity (Wildman–Crippen MR) is 96.4 cm³/mol. The van der Waals surface area contributed by atoms with Crippen LogP contribution >= 0.6 is 0 Å². The number of hydrogen-bond acceptors (Lipinski definition) is 3. The number of aryl methyl sites for hydroxylation is 1. The number of carbonyl (C=O) groups is 2. The third-order valence-corrected chi connectivity index (χ3v) is 3.60. The highest BCUT2D eigenvalue weighted by Crippen LogP contribution is 2.12. The number of hydrogen-bond donors (Lipinski definition) is 2. The molecule has 0 aliphatic heterocycles. The van der Waals surface area contributed by atoms with Gasteiger partial charge in [-0.3, -0.25) is 0 Å². The minimum Gasteiger partial charge on any atom is -0.478 e. The van der Waals surface area contributed by atoms with Crippen molar-refractivity contribution in [2.45, 2.75) is 20.0 Å². The molecule has 0 saturated carbocycles. The monoisotopic (exact) mass is 339 g/mol. The van der Waals surface area contributed by atoms with Crippen molar-refractivity contribution in [2.75, 3.05) is 6.54 Å². The summed E-state index contributed by atoms with van der Waals surface area (Å²) in [7, 11) is 0. The Kier molecular flexibility index (Phi) is 6.77. The Bertz CT molecular complexity index is 754. The number of amides is 1. The molecule has 2 aromatic rings. The molecular weight excluding hydrogens is 318 g/mol. The van der Waals surface area contributed by atoms with Crippen LogP contribution in [0, 0.1) is 6.92 Å². The van der Waals surface area contributed by atoms with Crippen LogP contribution in [-0.2, 0) is 11.3 Å². The fourth-order valence-electron chi connectivity index (χ4n) is 2.22. The third-order valence-electron chi connectivity index (χ3n) is 3.60. The first-order valence-corrected chi connectivity index (χ1v) is 8.01. The number of aromatic carboxylic acids is 1. The summed E-state index contributed by atoms with van der Waals surface area (Å²) in [5.74, 6) is -0.935. The molecule has 5 nitrogen and oxygen atoms in total. The molecule has 0 fully saturated rings. The van der Waals surface area contributed by atoms with Crippen molar-refractivity contribution in [3.05, 3.63) is 76.9 Å². The van der Waals surface area contributed by atoms with Gasteiger partial charge in [-0.15, -0.1) is 0 Å². The Labute approximate surface area is 146 Å². The normalized spacial score (nSPS) is 10.6. The third kappa shape index (κ3) is 6.14. The second kappa shape index (κ2) is 9.27. The van der Waals surface area contributed by atoms with E-state index in [9.17, 15) is 9.59 Å². The van der Waals surface area contributed by atoms with Gasteiger partial charge in [0, 0.05) is 6.54 Å². The van der Waals surface area contributed by atoms with Gasteiger partial charge in [0.25, 0.3) is 0 Å². The molecule has 1 amide bonds. The van der Waals surface area contributed by atoms with Gasteiger partial charge >= 0.3 is 12.1 Å². The summed E-state index contributed by atoms with van der Waals surface area (Å²) < 4.78 is 5.11. The summed E-state index contributed by atoms with van der Waals surface area (Å²) >= 11 is 0. The summed E-state index contributed by atoms with van der Waals surface area (Å²) in [4.78, 5) is 22.7. The first-order chi connectivity index (χ1) is 12.1. The number of carboxylic acid groups (broad SMARTS) is 1.